The standard InChI is InChI=1S/C18H17FN2O2/c1-11-7-8-12(9-14(11)19)21-17(22)20-15-10-18(21,2)23-16-6-4-3-5-13(15)16/h3-9,15H,10H2,1-2H3,(H,20,22)/t15-,18-/m0/s1. The molecule has 2 atom stereocenters. The monoisotopic (exact) mass is 312 g/mol. The second-order valence-electron chi connectivity index (χ2n) is 6.29. The molecule has 2 bridgehead atoms. The van der Waals surface area contributed by atoms with E-state index in [9.17, 15) is 9.18 Å². The molecule has 23 heavy (non-hydrogen) atoms. The van der Waals surface area contributed by atoms with Gasteiger partial charge < -0.3 is 10.1 Å². The quantitative estimate of drug-likeness (QED) is 0.867. The van der Waals surface area contributed by atoms with Gasteiger partial charge in [-0.1, -0.05) is 24.3 Å². The minimum absolute atomic E-state index is 0.0935. The summed E-state index contributed by atoms with van der Waals surface area (Å²) in [5.74, 6) is 0.418. The van der Waals surface area contributed by atoms with Gasteiger partial charge in [-0.25, -0.2) is 9.18 Å². The Bertz CT molecular complexity index is 807. The van der Waals surface area contributed by atoms with Crippen molar-refractivity contribution in [3.63, 3.8) is 0 Å². The Morgan fingerprint density at radius 1 is 1.30 bits per heavy atom. The first-order chi connectivity index (χ1) is 11.0. The number of fused-ring (bicyclic) bond motifs is 4. The molecular formula is C18H17FN2O2. The van der Waals surface area contributed by atoms with Crippen molar-refractivity contribution in [3.8, 4) is 5.75 Å². The highest BCUT2D eigenvalue weighted by molar-refractivity contribution is 5.94. The highest BCUT2D eigenvalue weighted by Crippen LogP contribution is 2.45. The zero-order valence-corrected chi connectivity index (χ0v) is 13.0. The van der Waals surface area contributed by atoms with Gasteiger partial charge in [-0.05, 0) is 37.6 Å². The number of carbonyl (C=O) groups is 1. The molecule has 0 radical (unpaired) electrons. The van der Waals surface area contributed by atoms with Crippen LogP contribution in [0.5, 0.6) is 5.75 Å². The molecule has 5 heteroatoms. The summed E-state index contributed by atoms with van der Waals surface area (Å²) < 4.78 is 20.1. The van der Waals surface area contributed by atoms with Crippen molar-refractivity contribution in [1.29, 1.82) is 0 Å². The van der Waals surface area contributed by atoms with Crippen LogP contribution in [0.4, 0.5) is 14.9 Å². The van der Waals surface area contributed by atoms with E-state index in [-0.39, 0.29) is 17.9 Å². The van der Waals surface area contributed by atoms with E-state index in [1.54, 1.807) is 19.1 Å². The normalized spacial score (nSPS) is 25.4. The maximum absolute atomic E-state index is 13.9. The van der Waals surface area contributed by atoms with Gasteiger partial charge in [-0.15, -0.1) is 0 Å². The number of nitrogens with zero attached hydrogens (tertiary/aromatic N) is 1. The Balaban J connectivity index is 1.81. The maximum Gasteiger partial charge on any atom is 0.325 e. The Morgan fingerprint density at radius 2 is 2.09 bits per heavy atom. The third-order valence-corrected chi connectivity index (χ3v) is 4.59. The van der Waals surface area contributed by atoms with Gasteiger partial charge in [0.05, 0.1) is 11.7 Å². The van der Waals surface area contributed by atoms with Crippen LogP contribution in [0.15, 0.2) is 42.5 Å². The van der Waals surface area contributed by atoms with Crippen molar-refractivity contribution in [2.75, 3.05) is 4.90 Å². The van der Waals surface area contributed by atoms with E-state index in [0.29, 0.717) is 17.7 Å². The van der Waals surface area contributed by atoms with Crippen LogP contribution >= 0.6 is 0 Å². The third-order valence-electron chi connectivity index (χ3n) is 4.59. The van der Waals surface area contributed by atoms with E-state index < -0.39 is 5.72 Å². The van der Waals surface area contributed by atoms with Crippen molar-refractivity contribution in [1.82, 2.24) is 5.32 Å². The Kier molecular flexibility index (Phi) is 2.88. The second-order valence-corrected chi connectivity index (χ2v) is 6.29. The van der Waals surface area contributed by atoms with Gasteiger partial charge >= 0.3 is 6.03 Å². The highest BCUT2D eigenvalue weighted by atomic mass is 19.1. The average molecular weight is 312 g/mol. The molecule has 2 aliphatic heterocycles. The molecule has 0 spiro atoms. The van der Waals surface area contributed by atoms with Gasteiger partial charge in [-0.2, -0.15) is 0 Å². The van der Waals surface area contributed by atoms with Crippen LogP contribution in [-0.4, -0.2) is 11.8 Å². The predicted octanol–water partition coefficient (Wildman–Crippen LogP) is 3.90. The molecule has 118 valence electrons. The van der Waals surface area contributed by atoms with Gasteiger partial charge in [0.1, 0.15) is 11.6 Å². The Labute approximate surface area is 133 Å². The van der Waals surface area contributed by atoms with Gasteiger partial charge in [0, 0.05) is 12.0 Å². The molecule has 0 aromatic heterocycles. The van der Waals surface area contributed by atoms with E-state index >= 15 is 0 Å². The average Bonchev–Trinajstić information content (AvgIpc) is 2.50. The number of urea groups is 1. The number of ether oxygens (including phenoxy) is 1. The van der Waals surface area contributed by atoms with Crippen molar-refractivity contribution in [3.05, 3.63) is 59.4 Å². The fourth-order valence-electron chi connectivity index (χ4n) is 3.43. The number of hydrogen-bond donors (Lipinski definition) is 1. The van der Waals surface area contributed by atoms with Gasteiger partial charge in [0.25, 0.3) is 0 Å². The third kappa shape index (κ3) is 2.07. The van der Waals surface area contributed by atoms with Gasteiger partial charge in [0.15, 0.2) is 5.72 Å². The zero-order chi connectivity index (χ0) is 16.2. The van der Waals surface area contributed by atoms with Crippen molar-refractivity contribution >= 4 is 11.7 Å². The molecule has 2 amide bonds. The summed E-state index contributed by atoms with van der Waals surface area (Å²) in [7, 11) is 0. The molecule has 0 saturated carbocycles. The SMILES string of the molecule is Cc1ccc(N2C(=O)N[C@H]3C[C@]2(C)Oc2ccccc23)cc1F. The topological polar surface area (TPSA) is 41.6 Å². The van der Waals surface area contributed by atoms with Crippen LogP contribution in [0.25, 0.3) is 0 Å². The van der Waals surface area contributed by atoms with E-state index in [2.05, 4.69) is 5.32 Å². The number of nitrogens with one attached hydrogen (secondary N) is 1. The number of rotatable bonds is 1. The van der Waals surface area contributed by atoms with Crippen LogP contribution in [0.1, 0.15) is 30.5 Å². The van der Waals surface area contributed by atoms with Crippen LogP contribution in [0.3, 0.4) is 0 Å². The zero-order valence-electron chi connectivity index (χ0n) is 13.0. The Hall–Kier alpha value is -2.56. The molecule has 2 aliphatic rings. The second kappa shape index (κ2) is 4.72. The molecule has 4 rings (SSSR count). The number of para-hydroxylation sites is 1. The summed E-state index contributed by atoms with van der Waals surface area (Å²) in [4.78, 5) is 14.1. The molecule has 0 aliphatic carbocycles. The van der Waals surface area contributed by atoms with Gasteiger partial charge in [0.2, 0.25) is 0 Å². The number of hydrogen-bond acceptors (Lipinski definition) is 2. The number of carbonyl (C=O) groups excluding carboxylic acids is 1. The number of amides is 2. The van der Waals surface area contributed by atoms with E-state index in [1.165, 1.54) is 11.0 Å². The maximum atomic E-state index is 13.9. The van der Waals surface area contributed by atoms with Crippen molar-refractivity contribution in [2.45, 2.75) is 32.0 Å². The first-order valence-electron chi connectivity index (χ1n) is 7.63. The highest BCUT2D eigenvalue weighted by Gasteiger charge is 2.49. The lowest BCUT2D eigenvalue weighted by molar-refractivity contribution is 0.0378. The molecule has 0 unspecified atom stereocenters. The minimum atomic E-state index is -0.844. The lowest BCUT2D eigenvalue weighted by Crippen LogP contribution is -2.65. The number of anilines is 1. The molecule has 1 saturated heterocycles. The summed E-state index contributed by atoms with van der Waals surface area (Å²) in [6, 6.07) is 12.1. The summed E-state index contributed by atoms with van der Waals surface area (Å²) >= 11 is 0. The summed E-state index contributed by atoms with van der Waals surface area (Å²) in [6.07, 6.45) is 0.602. The predicted molar refractivity (Wildman–Crippen MR) is 85.0 cm³/mol. The molecule has 4 nitrogen and oxygen atoms in total. The fourth-order valence-corrected chi connectivity index (χ4v) is 3.43. The molecule has 2 aromatic carbocycles. The lowest BCUT2D eigenvalue weighted by atomic mass is 9.90. The van der Waals surface area contributed by atoms with Crippen molar-refractivity contribution in [2.24, 2.45) is 0 Å². The van der Waals surface area contributed by atoms with Crippen LogP contribution in [0.2, 0.25) is 0 Å². The molecule has 1 N–H and O–H groups in total. The largest absolute Gasteiger partial charge is 0.467 e. The smallest absolute Gasteiger partial charge is 0.325 e. The summed E-state index contributed by atoms with van der Waals surface area (Å²) in [6.45, 7) is 3.56. The van der Waals surface area contributed by atoms with Crippen LogP contribution in [0, 0.1) is 12.7 Å². The summed E-state index contributed by atoms with van der Waals surface area (Å²) in [5, 5.41) is 3.00. The first kappa shape index (κ1) is 14.1. The van der Waals surface area contributed by atoms with Crippen LogP contribution < -0.4 is 15.0 Å². The van der Waals surface area contributed by atoms with E-state index in [1.807, 2.05) is 31.2 Å². The van der Waals surface area contributed by atoms with Gasteiger partial charge in [-0.3, -0.25) is 4.90 Å². The number of halogens is 1. The summed E-state index contributed by atoms with van der Waals surface area (Å²) in [5.41, 5.74) is 1.17. The number of benzene rings is 2. The van der Waals surface area contributed by atoms with E-state index in [0.717, 1.165) is 11.3 Å². The first-order valence-corrected chi connectivity index (χ1v) is 7.63. The van der Waals surface area contributed by atoms with Crippen molar-refractivity contribution < 1.29 is 13.9 Å². The fraction of sp³-hybridized carbons (Fsp3) is 0.278. The minimum Gasteiger partial charge on any atom is -0.467 e. The van der Waals surface area contributed by atoms with Crippen LogP contribution in [-0.2, 0) is 0 Å². The molecule has 2 aromatic rings. The Morgan fingerprint density at radius 3 is 2.87 bits per heavy atom. The molecule has 1 fully saturated rings. The molecular weight excluding hydrogens is 295 g/mol. The lowest BCUT2D eigenvalue weighted by Gasteiger charge is -2.50. The number of aryl methyl sites for hydroxylation is 1. The van der Waals surface area contributed by atoms with E-state index in [4.69, 9.17) is 4.74 Å². The molecule has 2 heterocycles.